The van der Waals surface area contributed by atoms with Gasteiger partial charge in [0.05, 0.1) is 5.92 Å². The van der Waals surface area contributed by atoms with Gasteiger partial charge in [0.2, 0.25) is 5.91 Å². The minimum atomic E-state index is -0.745. The molecule has 0 saturated heterocycles. The van der Waals surface area contributed by atoms with E-state index in [9.17, 15) is 9.59 Å². The highest BCUT2D eigenvalue weighted by Gasteiger charge is 2.32. The largest absolute Gasteiger partial charge is 0.481 e. The van der Waals surface area contributed by atoms with E-state index in [1.807, 2.05) is 0 Å². The summed E-state index contributed by atoms with van der Waals surface area (Å²) < 4.78 is 0. The van der Waals surface area contributed by atoms with Crippen LogP contribution in [-0.2, 0) is 9.59 Å². The maximum Gasteiger partial charge on any atom is 0.306 e. The lowest BCUT2D eigenvalue weighted by Gasteiger charge is -2.16. The number of nitrogens with two attached hydrogens (primary N) is 1. The smallest absolute Gasteiger partial charge is 0.306 e. The highest BCUT2D eigenvalue weighted by atomic mass is 16.4. The molecule has 86 valence electrons. The Hall–Kier alpha value is -1.10. The fourth-order valence-electron chi connectivity index (χ4n) is 2.07. The Balaban J connectivity index is 2.31. The maximum absolute atomic E-state index is 11.1. The van der Waals surface area contributed by atoms with Gasteiger partial charge < -0.3 is 16.2 Å². The van der Waals surface area contributed by atoms with Crippen molar-refractivity contribution in [3.8, 4) is 0 Å². The number of hydrogen-bond acceptors (Lipinski definition) is 3. The zero-order valence-corrected chi connectivity index (χ0v) is 8.74. The van der Waals surface area contributed by atoms with Crippen LogP contribution >= 0.6 is 0 Å². The highest BCUT2D eigenvalue weighted by molar-refractivity contribution is 5.76. The molecule has 1 rings (SSSR count). The van der Waals surface area contributed by atoms with Crippen LogP contribution < -0.4 is 11.1 Å². The Morgan fingerprint density at radius 3 is 2.73 bits per heavy atom. The van der Waals surface area contributed by atoms with Crippen LogP contribution in [0.25, 0.3) is 0 Å². The fourth-order valence-corrected chi connectivity index (χ4v) is 2.07. The molecule has 1 saturated carbocycles. The van der Waals surface area contributed by atoms with Crippen molar-refractivity contribution >= 4 is 11.9 Å². The number of aliphatic carboxylic acids is 1. The van der Waals surface area contributed by atoms with Gasteiger partial charge in [-0.3, -0.25) is 9.59 Å². The second kappa shape index (κ2) is 5.70. The van der Waals surface area contributed by atoms with E-state index in [1.54, 1.807) is 0 Å². The van der Waals surface area contributed by atoms with Gasteiger partial charge in [-0.15, -0.1) is 0 Å². The normalized spacial score (nSPS) is 25.1. The SMILES string of the molecule is NCCC(=O)NCC1CCCC1C(=O)O. The lowest BCUT2D eigenvalue weighted by atomic mass is 9.96. The predicted molar refractivity (Wildman–Crippen MR) is 55.1 cm³/mol. The molecule has 1 aliphatic carbocycles. The molecule has 0 heterocycles. The molecule has 2 unspecified atom stereocenters. The van der Waals surface area contributed by atoms with Gasteiger partial charge in [0, 0.05) is 19.5 Å². The summed E-state index contributed by atoms with van der Waals surface area (Å²) in [7, 11) is 0. The summed E-state index contributed by atoms with van der Waals surface area (Å²) in [6.45, 7) is 0.800. The number of carboxylic acids is 1. The molecule has 0 bridgehead atoms. The average Bonchev–Trinajstić information content (AvgIpc) is 2.63. The standard InChI is InChI=1S/C10H18N2O3/c11-5-4-9(13)12-6-7-2-1-3-8(7)10(14)15/h7-8H,1-6,11H2,(H,12,13)(H,14,15). The Labute approximate surface area is 89.0 Å². The van der Waals surface area contributed by atoms with E-state index in [2.05, 4.69) is 5.32 Å². The van der Waals surface area contributed by atoms with Crippen molar-refractivity contribution in [2.45, 2.75) is 25.7 Å². The van der Waals surface area contributed by atoms with E-state index in [-0.39, 0.29) is 17.7 Å². The topological polar surface area (TPSA) is 92.4 Å². The van der Waals surface area contributed by atoms with Crippen LogP contribution in [0.4, 0.5) is 0 Å². The molecule has 0 aromatic heterocycles. The second-order valence-electron chi connectivity index (χ2n) is 3.98. The number of nitrogens with one attached hydrogen (secondary N) is 1. The number of rotatable bonds is 5. The monoisotopic (exact) mass is 214 g/mol. The number of carbonyl (C=O) groups excluding carboxylic acids is 1. The second-order valence-corrected chi connectivity index (χ2v) is 3.98. The first-order valence-electron chi connectivity index (χ1n) is 5.34. The third-order valence-electron chi connectivity index (χ3n) is 2.91. The zero-order chi connectivity index (χ0) is 11.3. The Morgan fingerprint density at radius 2 is 2.13 bits per heavy atom. The van der Waals surface area contributed by atoms with Crippen LogP contribution in [0.5, 0.6) is 0 Å². The summed E-state index contributed by atoms with van der Waals surface area (Å²) in [5, 5.41) is 11.6. The third kappa shape index (κ3) is 3.51. The van der Waals surface area contributed by atoms with Crippen molar-refractivity contribution in [3.05, 3.63) is 0 Å². The number of amides is 1. The summed E-state index contributed by atoms with van der Waals surface area (Å²) >= 11 is 0. The van der Waals surface area contributed by atoms with E-state index in [4.69, 9.17) is 10.8 Å². The van der Waals surface area contributed by atoms with Crippen molar-refractivity contribution in [1.82, 2.24) is 5.32 Å². The molecule has 2 atom stereocenters. The third-order valence-corrected chi connectivity index (χ3v) is 2.91. The van der Waals surface area contributed by atoms with Gasteiger partial charge in [0.25, 0.3) is 0 Å². The van der Waals surface area contributed by atoms with Gasteiger partial charge in [-0.1, -0.05) is 6.42 Å². The molecule has 5 nitrogen and oxygen atoms in total. The van der Waals surface area contributed by atoms with Crippen molar-refractivity contribution in [3.63, 3.8) is 0 Å². The van der Waals surface area contributed by atoms with Crippen LogP contribution in [0.1, 0.15) is 25.7 Å². The van der Waals surface area contributed by atoms with Gasteiger partial charge in [0.15, 0.2) is 0 Å². The molecule has 1 aliphatic rings. The van der Waals surface area contributed by atoms with Crippen LogP contribution in [-0.4, -0.2) is 30.1 Å². The Morgan fingerprint density at radius 1 is 1.40 bits per heavy atom. The molecule has 0 aliphatic heterocycles. The lowest BCUT2D eigenvalue weighted by molar-refractivity contribution is -0.143. The van der Waals surface area contributed by atoms with Crippen molar-refractivity contribution in [1.29, 1.82) is 0 Å². The van der Waals surface area contributed by atoms with E-state index >= 15 is 0 Å². The predicted octanol–water partition coefficient (Wildman–Crippen LogP) is -0.0477. The Kier molecular flexibility index (Phi) is 4.55. The summed E-state index contributed by atoms with van der Waals surface area (Å²) in [6, 6.07) is 0. The van der Waals surface area contributed by atoms with E-state index in [0.717, 1.165) is 19.3 Å². The summed E-state index contributed by atoms with van der Waals surface area (Å²) in [5.41, 5.74) is 5.23. The Bertz CT molecular complexity index is 243. The van der Waals surface area contributed by atoms with Gasteiger partial charge in [-0.2, -0.15) is 0 Å². The molecule has 0 spiro atoms. The van der Waals surface area contributed by atoms with E-state index in [1.165, 1.54) is 0 Å². The summed E-state index contributed by atoms with van der Waals surface area (Å²) in [5.74, 6) is -1.04. The quantitative estimate of drug-likeness (QED) is 0.598. The van der Waals surface area contributed by atoms with Gasteiger partial charge in [-0.25, -0.2) is 0 Å². The molecule has 0 radical (unpaired) electrons. The molecule has 4 N–H and O–H groups in total. The number of hydrogen-bond donors (Lipinski definition) is 3. The van der Waals surface area contributed by atoms with Crippen LogP contribution in [0.3, 0.4) is 0 Å². The van der Waals surface area contributed by atoms with E-state index in [0.29, 0.717) is 19.5 Å². The molecule has 5 heteroatoms. The minimum absolute atomic E-state index is 0.0872. The first-order valence-corrected chi connectivity index (χ1v) is 5.34. The van der Waals surface area contributed by atoms with Gasteiger partial charge in [-0.05, 0) is 18.8 Å². The molecule has 1 amide bonds. The fraction of sp³-hybridized carbons (Fsp3) is 0.800. The van der Waals surface area contributed by atoms with Gasteiger partial charge in [0.1, 0.15) is 0 Å². The van der Waals surface area contributed by atoms with E-state index < -0.39 is 5.97 Å². The summed E-state index contributed by atoms with van der Waals surface area (Å²) in [4.78, 5) is 22.0. The first-order chi connectivity index (χ1) is 7.15. The average molecular weight is 214 g/mol. The molecule has 15 heavy (non-hydrogen) atoms. The molecule has 0 aromatic carbocycles. The highest BCUT2D eigenvalue weighted by Crippen LogP contribution is 2.31. The lowest BCUT2D eigenvalue weighted by Crippen LogP contribution is -2.33. The van der Waals surface area contributed by atoms with Crippen LogP contribution in [0, 0.1) is 11.8 Å². The van der Waals surface area contributed by atoms with Gasteiger partial charge >= 0.3 is 5.97 Å². The van der Waals surface area contributed by atoms with Crippen molar-refractivity contribution in [2.24, 2.45) is 17.6 Å². The first kappa shape index (κ1) is 12.0. The van der Waals surface area contributed by atoms with Crippen LogP contribution in [0.2, 0.25) is 0 Å². The maximum atomic E-state index is 11.1. The molecule has 1 fully saturated rings. The number of carboxylic acid groups (broad SMARTS) is 1. The minimum Gasteiger partial charge on any atom is -0.481 e. The molecular weight excluding hydrogens is 196 g/mol. The molecule has 0 aromatic rings. The van der Waals surface area contributed by atoms with Crippen molar-refractivity contribution < 1.29 is 14.7 Å². The van der Waals surface area contributed by atoms with Crippen LogP contribution in [0.15, 0.2) is 0 Å². The number of carbonyl (C=O) groups is 2. The summed E-state index contributed by atoms with van der Waals surface area (Å²) in [6.07, 6.45) is 2.87. The van der Waals surface area contributed by atoms with Crippen molar-refractivity contribution in [2.75, 3.05) is 13.1 Å². The molecular formula is C10H18N2O3. The zero-order valence-electron chi connectivity index (χ0n) is 8.74.